The van der Waals surface area contributed by atoms with Gasteiger partial charge in [0.05, 0.1) is 5.56 Å². The molecule has 0 radical (unpaired) electrons. The van der Waals surface area contributed by atoms with Crippen molar-refractivity contribution in [3.63, 3.8) is 0 Å². The highest BCUT2D eigenvalue weighted by atomic mass is 79.9. The van der Waals surface area contributed by atoms with Gasteiger partial charge in [-0.1, -0.05) is 40.2 Å². The summed E-state index contributed by atoms with van der Waals surface area (Å²) >= 11 is 3.23. The molecule has 112 valence electrons. The summed E-state index contributed by atoms with van der Waals surface area (Å²) in [5.74, 6) is -0.395. The minimum Gasteiger partial charge on any atom is -0.486 e. The van der Waals surface area contributed by atoms with E-state index in [0.29, 0.717) is 16.5 Å². The molecule has 6 heteroatoms. The number of hydrogen-bond donors (Lipinski definition) is 0. The molecule has 0 amide bonds. The molecular formula is C15H11BrF4O. The zero-order chi connectivity index (χ0) is 15.5. The zero-order valence-electron chi connectivity index (χ0n) is 10.8. The summed E-state index contributed by atoms with van der Waals surface area (Å²) in [6.07, 6.45) is -4.37. The van der Waals surface area contributed by atoms with E-state index in [1.807, 2.05) is 0 Å². The van der Waals surface area contributed by atoms with Crippen LogP contribution in [0.1, 0.15) is 16.7 Å². The van der Waals surface area contributed by atoms with E-state index in [4.69, 9.17) is 4.74 Å². The molecule has 0 N–H and O–H groups in total. The molecule has 2 aromatic rings. The van der Waals surface area contributed by atoms with E-state index < -0.39 is 17.6 Å². The Balaban J connectivity index is 2.10. The number of hydrogen-bond acceptors (Lipinski definition) is 1. The normalized spacial score (nSPS) is 11.5. The van der Waals surface area contributed by atoms with Gasteiger partial charge in [0.25, 0.3) is 0 Å². The second kappa shape index (κ2) is 6.47. The Kier molecular flexibility index (Phi) is 4.88. The SMILES string of the molecule is Fc1cccc(CBr)c1OCc1ccc(C(F)(F)F)cc1. The van der Waals surface area contributed by atoms with Crippen LogP contribution < -0.4 is 4.74 Å². The van der Waals surface area contributed by atoms with E-state index in [9.17, 15) is 17.6 Å². The lowest BCUT2D eigenvalue weighted by atomic mass is 10.1. The standard InChI is InChI=1S/C15H11BrF4O/c16-8-11-2-1-3-13(17)14(11)21-9-10-4-6-12(7-5-10)15(18,19)20/h1-7H,8-9H2. The van der Waals surface area contributed by atoms with E-state index in [1.54, 1.807) is 12.1 Å². The maximum atomic E-state index is 13.7. The first kappa shape index (κ1) is 15.8. The second-order valence-electron chi connectivity index (χ2n) is 4.35. The van der Waals surface area contributed by atoms with Crippen molar-refractivity contribution < 1.29 is 22.3 Å². The number of halogens is 5. The predicted molar refractivity (Wildman–Crippen MR) is 74.8 cm³/mol. The first-order chi connectivity index (χ1) is 9.91. The lowest BCUT2D eigenvalue weighted by Gasteiger charge is -2.12. The molecule has 0 heterocycles. The molecule has 2 aromatic carbocycles. The highest BCUT2D eigenvalue weighted by molar-refractivity contribution is 9.08. The molecule has 0 spiro atoms. The predicted octanol–water partition coefficient (Wildman–Crippen LogP) is 5.32. The van der Waals surface area contributed by atoms with Crippen LogP contribution in [0.4, 0.5) is 17.6 Å². The third kappa shape index (κ3) is 3.97. The van der Waals surface area contributed by atoms with Gasteiger partial charge in [0, 0.05) is 10.9 Å². The van der Waals surface area contributed by atoms with Gasteiger partial charge in [-0.05, 0) is 23.8 Å². The molecule has 2 rings (SSSR count). The first-order valence-electron chi connectivity index (χ1n) is 6.04. The highest BCUT2D eigenvalue weighted by Gasteiger charge is 2.29. The molecule has 0 saturated heterocycles. The van der Waals surface area contributed by atoms with Gasteiger partial charge < -0.3 is 4.74 Å². The topological polar surface area (TPSA) is 9.23 Å². The molecule has 0 unspecified atom stereocenters. The van der Waals surface area contributed by atoms with Crippen molar-refractivity contribution in [3.8, 4) is 5.75 Å². The Morgan fingerprint density at radius 2 is 1.67 bits per heavy atom. The maximum absolute atomic E-state index is 13.7. The third-order valence-corrected chi connectivity index (χ3v) is 3.46. The van der Waals surface area contributed by atoms with Crippen molar-refractivity contribution in [1.29, 1.82) is 0 Å². The fourth-order valence-corrected chi connectivity index (χ4v) is 2.21. The summed E-state index contributed by atoms with van der Waals surface area (Å²) in [6.45, 7) is -0.000922. The quantitative estimate of drug-likeness (QED) is 0.528. The van der Waals surface area contributed by atoms with Crippen molar-refractivity contribution in [1.82, 2.24) is 0 Å². The first-order valence-corrected chi connectivity index (χ1v) is 7.16. The lowest BCUT2D eigenvalue weighted by molar-refractivity contribution is -0.137. The van der Waals surface area contributed by atoms with Gasteiger partial charge in [0.1, 0.15) is 6.61 Å². The number of ether oxygens (including phenoxy) is 1. The van der Waals surface area contributed by atoms with Crippen LogP contribution in [-0.4, -0.2) is 0 Å². The summed E-state index contributed by atoms with van der Waals surface area (Å²) in [4.78, 5) is 0. The van der Waals surface area contributed by atoms with Crippen LogP contribution >= 0.6 is 15.9 Å². The molecule has 0 atom stereocenters. The van der Waals surface area contributed by atoms with Crippen LogP contribution in [0.3, 0.4) is 0 Å². The van der Waals surface area contributed by atoms with Crippen molar-refractivity contribution in [2.45, 2.75) is 18.1 Å². The average molecular weight is 363 g/mol. The van der Waals surface area contributed by atoms with E-state index in [-0.39, 0.29) is 12.4 Å². The van der Waals surface area contributed by atoms with Crippen LogP contribution in [0.15, 0.2) is 42.5 Å². The Labute approximate surface area is 127 Å². The van der Waals surface area contributed by atoms with Gasteiger partial charge in [-0.3, -0.25) is 0 Å². The number of benzene rings is 2. The molecule has 0 aromatic heterocycles. The summed E-state index contributed by atoms with van der Waals surface area (Å²) < 4.78 is 56.4. The highest BCUT2D eigenvalue weighted by Crippen LogP contribution is 2.30. The van der Waals surface area contributed by atoms with E-state index in [0.717, 1.165) is 12.1 Å². The summed E-state index contributed by atoms with van der Waals surface area (Å²) in [5, 5.41) is 0.424. The second-order valence-corrected chi connectivity index (χ2v) is 4.91. The summed E-state index contributed by atoms with van der Waals surface area (Å²) in [5.41, 5.74) is 0.451. The molecule has 0 aliphatic carbocycles. The van der Waals surface area contributed by atoms with E-state index >= 15 is 0 Å². The Morgan fingerprint density at radius 1 is 1.00 bits per heavy atom. The van der Waals surface area contributed by atoms with E-state index in [1.165, 1.54) is 18.2 Å². The molecule has 0 fully saturated rings. The van der Waals surface area contributed by atoms with Gasteiger partial charge >= 0.3 is 6.18 Å². The molecule has 21 heavy (non-hydrogen) atoms. The van der Waals surface area contributed by atoms with Crippen molar-refractivity contribution >= 4 is 15.9 Å². The maximum Gasteiger partial charge on any atom is 0.416 e. The van der Waals surface area contributed by atoms with Crippen LogP contribution in [0.2, 0.25) is 0 Å². The van der Waals surface area contributed by atoms with Crippen molar-refractivity contribution in [2.75, 3.05) is 0 Å². The Morgan fingerprint density at radius 3 is 2.24 bits per heavy atom. The van der Waals surface area contributed by atoms with Crippen molar-refractivity contribution in [3.05, 3.63) is 65.0 Å². The smallest absolute Gasteiger partial charge is 0.416 e. The molecule has 1 nitrogen and oxygen atoms in total. The van der Waals surface area contributed by atoms with Crippen molar-refractivity contribution in [2.24, 2.45) is 0 Å². The number of para-hydroxylation sites is 1. The van der Waals surface area contributed by atoms with Gasteiger partial charge in [0.15, 0.2) is 11.6 Å². The molecule has 0 aliphatic heterocycles. The zero-order valence-corrected chi connectivity index (χ0v) is 12.3. The fraction of sp³-hybridized carbons (Fsp3) is 0.200. The number of rotatable bonds is 4. The summed E-state index contributed by atoms with van der Waals surface area (Å²) in [6, 6.07) is 9.14. The molecule has 0 bridgehead atoms. The monoisotopic (exact) mass is 362 g/mol. The fourth-order valence-electron chi connectivity index (χ4n) is 1.77. The van der Waals surface area contributed by atoms with Crippen LogP contribution in [0, 0.1) is 5.82 Å². The number of alkyl halides is 4. The average Bonchev–Trinajstić information content (AvgIpc) is 2.45. The summed E-state index contributed by atoms with van der Waals surface area (Å²) in [7, 11) is 0. The Bertz CT molecular complexity index is 608. The van der Waals surface area contributed by atoms with Crippen LogP contribution in [0.5, 0.6) is 5.75 Å². The van der Waals surface area contributed by atoms with Gasteiger partial charge in [-0.25, -0.2) is 4.39 Å². The molecular weight excluding hydrogens is 352 g/mol. The van der Waals surface area contributed by atoms with E-state index in [2.05, 4.69) is 15.9 Å². The van der Waals surface area contributed by atoms with Gasteiger partial charge in [-0.15, -0.1) is 0 Å². The minimum atomic E-state index is -4.37. The van der Waals surface area contributed by atoms with Crippen LogP contribution in [0.25, 0.3) is 0 Å². The van der Waals surface area contributed by atoms with Gasteiger partial charge in [0.2, 0.25) is 0 Å². The molecule has 0 aliphatic rings. The Hall–Kier alpha value is -1.56. The molecule has 0 saturated carbocycles. The largest absolute Gasteiger partial charge is 0.486 e. The van der Waals surface area contributed by atoms with Gasteiger partial charge in [-0.2, -0.15) is 13.2 Å². The van der Waals surface area contributed by atoms with Crippen LogP contribution in [-0.2, 0) is 18.1 Å². The minimum absolute atomic E-state index is 0.000922. The lowest BCUT2D eigenvalue weighted by Crippen LogP contribution is -2.05. The third-order valence-electron chi connectivity index (χ3n) is 2.86.